The molecule has 28 heavy (non-hydrogen) atoms. The van der Waals surface area contributed by atoms with Crippen molar-refractivity contribution in [2.45, 2.75) is 57.0 Å². The number of hydrogen-bond donors (Lipinski definition) is 1. The average Bonchev–Trinajstić information content (AvgIpc) is 3.50. The van der Waals surface area contributed by atoms with E-state index in [4.69, 9.17) is 0 Å². The highest BCUT2D eigenvalue weighted by molar-refractivity contribution is 5.88. The predicted molar refractivity (Wildman–Crippen MR) is 96.6 cm³/mol. The SMILES string of the molecule is N#CC1(NC(=O)[C@@H]2CCCC[C@H]2C(=O)N2CCc3c(F)ccc(F)c3C2)CC1. The standard InChI is InChI=1S/C21H23F2N3O2/c22-17-5-6-18(23)16-11-26(10-7-13(16)17)20(28)15-4-2-1-3-14(15)19(27)25-21(12-24)8-9-21/h5-6,14-15H,1-4,7-11H2,(H,25,27)/t14-,15-/m1/s1. The van der Waals surface area contributed by atoms with Crippen molar-refractivity contribution in [1.29, 1.82) is 5.26 Å². The van der Waals surface area contributed by atoms with Crippen LogP contribution < -0.4 is 5.32 Å². The van der Waals surface area contributed by atoms with E-state index in [0.717, 1.165) is 25.0 Å². The molecule has 2 atom stereocenters. The van der Waals surface area contributed by atoms with Crippen molar-refractivity contribution >= 4 is 11.8 Å². The lowest BCUT2D eigenvalue weighted by Crippen LogP contribution is -2.49. The van der Waals surface area contributed by atoms with Crippen molar-refractivity contribution in [1.82, 2.24) is 10.2 Å². The van der Waals surface area contributed by atoms with Gasteiger partial charge in [-0.25, -0.2) is 8.78 Å². The number of halogens is 2. The first-order valence-electron chi connectivity index (χ1n) is 9.92. The Morgan fingerprint density at radius 2 is 1.75 bits per heavy atom. The molecule has 2 saturated carbocycles. The van der Waals surface area contributed by atoms with Crippen LogP contribution in [-0.2, 0) is 22.6 Å². The molecule has 0 spiro atoms. The lowest BCUT2D eigenvalue weighted by molar-refractivity contribution is -0.144. The van der Waals surface area contributed by atoms with Crippen molar-refractivity contribution in [3.05, 3.63) is 34.9 Å². The summed E-state index contributed by atoms with van der Waals surface area (Å²) in [6.45, 7) is 0.351. The molecular weight excluding hydrogens is 364 g/mol. The van der Waals surface area contributed by atoms with Gasteiger partial charge in [-0.05, 0) is 49.8 Å². The minimum absolute atomic E-state index is 0.0325. The minimum Gasteiger partial charge on any atom is -0.338 e. The maximum Gasteiger partial charge on any atom is 0.226 e. The van der Waals surface area contributed by atoms with Gasteiger partial charge in [0, 0.05) is 30.5 Å². The van der Waals surface area contributed by atoms with Gasteiger partial charge in [-0.2, -0.15) is 5.26 Å². The Labute approximate surface area is 162 Å². The Bertz CT molecular complexity index is 860. The third-order valence-electron chi connectivity index (χ3n) is 6.36. The molecule has 5 nitrogen and oxygen atoms in total. The summed E-state index contributed by atoms with van der Waals surface area (Å²) in [6, 6.07) is 4.36. The molecule has 1 heterocycles. The number of amides is 2. The average molecular weight is 387 g/mol. The van der Waals surface area contributed by atoms with E-state index in [1.54, 1.807) is 4.90 Å². The number of nitrogens with zero attached hydrogens (tertiary/aromatic N) is 2. The Morgan fingerprint density at radius 1 is 1.11 bits per heavy atom. The molecule has 0 unspecified atom stereocenters. The van der Waals surface area contributed by atoms with Crippen LogP contribution in [0.25, 0.3) is 0 Å². The Kier molecular flexibility index (Phi) is 4.82. The highest BCUT2D eigenvalue weighted by atomic mass is 19.1. The normalized spacial score (nSPS) is 25.4. The molecule has 1 aliphatic heterocycles. The zero-order chi connectivity index (χ0) is 19.9. The fourth-order valence-electron chi connectivity index (χ4n) is 4.47. The van der Waals surface area contributed by atoms with Crippen LogP contribution in [0.5, 0.6) is 0 Å². The molecule has 1 aromatic carbocycles. The first-order chi connectivity index (χ1) is 13.4. The zero-order valence-electron chi connectivity index (χ0n) is 15.6. The molecule has 1 N–H and O–H groups in total. The topological polar surface area (TPSA) is 73.2 Å². The number of benzene rings is 1. The van der Waals surface area contributed by atoms with Gasteiger partial charge in [0.25, 0.3) is 0 Å². The van der Waals surface area contributed by atoms with Crippen LogP contribution in [0.3, 0.4) is 0 Å². The van der Waals surface area contributed by atoms with Crippen LogP contribution in [0.15, 0.2) is 12.1 Å². The van der Waals surface area contributed by atoms with Crippen LogP contribution in [0.1, 0.15) is 49.7 Å². The second kappa shape index (κ2) is 7.16. The number of nitrogens with one attached hydrogen (secondary N) is 1. The molecule has 3 aliphatic rings. The van der Waals surface area contributed by atoms with E-state index in [2.05, 4.69) is 11.4 Å². The first kappa shape index (κ1) is 18.9. The van der Waals surface area contributed by atoms with Gasteiger partial charge in [0.1, 0.15) is 17.2 Å². The number of hydrogen-bond acceptors (Lipinski definition) is 3. The first-order valence-corrected chi connectivity index (χ1v) is 9.92. The molecule has 2 aliphatic carbocycles. The summed E-state index contributed by atoms with van der Waals surface area (Å²) in [5.41, 5.74) is -0.183. The third kappa shape index (κ3) is 3.36. The Morgan fingerprint density at radius 3 is 2.39 bits per heavy atom. The Balaban J connectivity index is 1.50. The summed E-state index contributed by atoms with van der Waals surface area (Å²) in [5, 5.41) is 12.0. The van der Waals surface area contributed by atoms with Gasteiger partial charge in [0.2, 0.25) is 11.8 Å². The van der Waals surface area contributed by atoms with Gasteiger partial charge >= 0.3 is 0 Å². The van der Waals surface area contributed by atoms with Crippen LogP contribution >= 0.6 is 0 Å². The molecule has 0 aromatic heterocycles. The molecule has 4 rings (SSSR count). The van der Waals surface area contributed by atoms with Crippen LogP contribution in [-0.4, -0.2) is 28.8 Å². The van der Waals surface area contributed by atoms with E-state index in [0.29, 0.717) is 37.8 Å². The van der Waals surface area contributed by atoms with Crippen molar-refractivity contribution < 1.29 is 18.4 Å². The number of carbonyl (C=O) groups is 2. The highest BCUT2D eigenvalue weighted by Crippen LogP contribution is 2.38. The highest BCUT2D eigenvalue weighted by Gasteiger charge is 2.47. The molecule has 2 fully saturated rings. The van der Waals surface area contributed by atoms with Crippen molar-refractivity contribution in [2.24, 2.45) is 11.8 Å². The van der Waals surface area contributed by atoms with Crippen molar-refractivity contribution in [3.8, 4) is 6.07 Å². The van der Waals surface area contributed by atoms with Gasteiger partial charge in [-0.15, -0.1) is 0 Å². The quantitative estimate of drug-likeness (QED) is 0.867. The molecule has 1 aromatic rings. The summed E-state index contributed by atoms with van der Waals surface area (Å²) in [5.74, 6) is -2.28. The molecule has 2 amide bonds. The monoisotopic (exact) mass is 387 g/mol. The van der Waals surface area contributed by atoms with Gasteiger partial charge in [0.05, 0.1) is 6.07 Å². The molecule has 7 heteroatoms. The molecular formula is C21H23F2N3O2. The Hall–Kier alpha value is -2.49. The van der Waals surface area contributed by atoms with Gasteiger partial charge in [-0.1, -0.05) is 12.8 Å². The van der Waals surface area contributed by atoms with Gasteiger partial charge in [0.15, 0.2) is 0 Å². The van der Waals surface area contributed by atoms with Crippen molar-refractivity contribution in [2.75, 3.05) is 6.54 Å². The summed E-state index contributed by atoms with van der Waals surface area (Å²) in [6.07, 6.45) is 4.50. The van der Waals surface area contributed by atoms with E-state index in [1.807, 2.05) is 0 Å². The summed E-state index contributed by atoms with van der Waals surface area (Å²) >= 11 is 0. The van der Waals surface area contributed by atoms with E-state index in [-0.39, 0.29) is 30.3 Å². The fraction of sp³-hybridized carbons (Fsp3) is 0.571. The third-order valence-corrected chi connectivity index (χ3v) is 6.36. The van der Waals surface area contributed by atoms with E-state index in [9.17, 15) is 23.6 Å². The van der Waals surface area contributed by atoms with Gasteiger partial charge < -0.3 is 10.2 Å². The summed E-state index contributed by atoms with van der Waals surface area (Å²) < 4.78 is 28.1. The fourth-order valence-corrected chi connectivity index (χ4v) is 4.47. The summed E-state index contributed by atoms with van der Waals surface area (Å²) in [7, 11) is 0. The maximum atomic E-state index is 14.2. The van der Waals surface area contributed by atoms with E-state index in [1.165, 1.54) is 0 Å². The predicted octanol–water partition coefficient (Wildman–Crippen LogP) is 2.83. The molecule has 0 saturated heterocycles. The molecule has 0 bridgehead atoms. The van der Waals surface area contributed by atoms with Gasteiger partial charge in [-0.3, -0.25) is 9.59 Å². The number of nitriles is 1. The summed E-state index contributed by atoms with van der Waals surface area (Å²) in [4.78, 5) is 27.5. The largest absolute Gasteiger partial charge is 0.338 e. The number of fused-ring (bicyclic) bond motifs is 1. The number of rotatable bonds is 3. The molecule has 0 radical (unpaired) electrons. The minimum atomic E-state index is -0.757. The van der Waals surface area contributed by atoms with E-state index >= 15 is 0 Å². The van der Waals surface area contributed by atoms with Crippen molar-refractivity contribution in [3.63, 3.8) is 0 Å². The lowest BCUT2D eigenvalue weighted by atomic mass is 9.77. The second-order valence-corrected chi connectivity index (χ2v) is 8.18. The maximum absolute atomic E-state index is 14.2. The van der Waals surface area contributed by atoms with E-state index < -0.39 is 29.0 Å². The van der Waals surface area contributed by atoms with Crippen LogP contribution in [0, 0.1) is 34.8 Å². The second-order valence-electron chi connectivity index (χ2n) is 8.18. The van der Waals surface area contributed by atoms with Crippen LogP contribution in [0.2, 0.25) is 0 Å². The zero-order valence-corrected chi connectivity index (χ0v) is 15.6. The molecule has 148 valence electrons. The smallest absolute Gasteiger partial charge is 0.226 e. The van der Waals surface area contributed by atoms with Crippen LogP contribution in [0.4, 0.5) is 8.78 Å². The number of carbonyl (C=O) groups excluding carboxylic acids is 2. The lowest BCUT2D eigenvalue weighted by Gasteiger charge is -2.36.